The van der Waals surface area contributed by atoms with E-state index in [1.165, 1.54) is 12.1 Å². The van der Waals surface area contributed by atoms with Crippen LogP contribution in [0.5, 0.6) is 0 Å². The molecule has 0 saturated carbocycles. The standard InChI is InChI=1S/C8H9FN2O/c9-5-1-2-6(7(11)3-5)8(12)4-10/h1-3H,4,10-11H2. The van der Waals surface area contributed by atoms with Gasteiger partial charge in [-0.3, -0.25) is 4.79 Å². The number of nitrogens with two attached hydrogens (primary N) is 2. The lowest BCUT2D eigenvalue weighted by atomic mass is 10.1. The molecule has 0 unspecified atom stereocenters. The number of ketones is 1. The topological polar surface area (TPSA) is 69.1 Å². The van der Waals surface area contributed by atoms with Crippen LogP contribution in [0, 0.1) is 5.82 Å². The predicted octanol–water partition coefficient (Wildman–Crippen LogP) is 0.549. The van der Waals surface area contributed by atoms with E-state index in [1.54, 1.807) is 0 Å². The monoisotopic (exact) mass is 168 g/mol. The molecule has 0 saturated heterocycles. The van der Waals surface area contributed by atoms with Gasteiger partial charge in [-0.1, -0.05) is 0 Å². The molecular formula is C8H9FN2O. The van der Waals surface area contributed by atoms with Crippen LogP contribution in [-0.2, 0) is 0 Å². The van der Waals surface area contributed by atoms with E-state index in [0.29, 0.717) is 0 Å². The van der Waals surface area contributed by atoms with Crippen molar-refractivity contribution < 1.29 is 9.18 Å². The van der Waals surface area contributed by atoms with E-state index in [0.717, 1.165) is 6.07 Å². The van der Waals surface area contributed by atoms with Crippen molar-refractivity contribution in [3.8, 4) is 0 Å². The quantitative estimate of drug-likeness (QED) is 0.500. The van der Waals surface area contributed by atoms with Crippen LogP contribution in [0.2, 0.25) is 0 Å². The van der Waals surface area contributed by atoms with Gasteiger partial charge in [-0.2, -0.15) is 0 Å². The molecule has 0 radical (unpaired) electrons. The van der Waals surface area contributed by atoms with Gasteiger partial charge in [-0.15, -0.1) is 0 Å². The number of carbonyl (C=O) groups is 1. The third-order valence-corrected chi connectivity index (χ3v) is 1.50. The van der Waals surface area contributed by atoms with E-state index >= 15 is 0 Å². The first kappa shape index (κ1) is 8.67. The number of Topliss-reactive ketones (excluding diaryl/α,β-unsaturated/α-hetero) is 1. The van der Waals surface area contributed by atoms with Crippen LogP contribution in [0.3, 0.4) is 0 Å². The molecule has 64 valence electrons. The molecule has 0 aromatic heterocycles. The third-order valence-electron chi connectivity index (χ3n) is 1.50. The summed E-state index contributed by atoms with van der Waals surface area (Å²) in [5.74, 6) is -0.742. The Bertz CT molecular complexity index is 312. The Morgan fingerprint density at radius 1 is 1.50 bits per heavy atom. The molecule has 0 aliphatic heterocycles. The minimum absolute atomic E-state index is 0.115. The first-order valence-electron chi connectivity index (χ1n) is 3.43. The Labute approximate surface area is 69.2 Å². The van der Waals surface area contributed by atoms with Crippen LogP contribution in [0.25, 0.3) is 0 Å². The van der Waals surface area contributed by atoms with E-state index in [2.05, 4.69) is 0 Å². The molecule has 0 bridgehead atoms. The maximum atomic E-state index is 12.5. The van der Waals surface area contributed by atoms with Crippen LogP contribution in [0.1, 0.15) is 10.4 Å². The van der Waals surface area contributed by atoms with Gasteiger partial charge in [0, 0.05) is 11.3 Å². The fourth-order valence-corrected chi connectivity index (χ4v) is 0.897. The smallest absolute Gasteiger partial charge is 0.178 e. The van der Waals surface area contributed by atoms with E-state index in [1.807, 2.05) is 0 Å². The normalized spacial score (nSPS) is 9.83. The molecule has 0 heterocycles. The minimum Gasteiger partial charge on any atom is -0.398 e. The number of hydrogen-bond donors (Lipinski definition) is 2. The maximum Gasteiger partial charge on any atom is 0.178 e. The van der Waals surface area contributed by atoms with Crippen LogP contribution >= 0.6 is 0 Å². The average Bonchev–Trinajstić information content (AvgIpc) is 2.03. The second kappa shape index (κ2) is 3.32. The van der Waals surface area contributed by atoms with Gasteiger partial charge in [0.1, 0.15) is 5.82 Å². The molecule has 0 aliphatic carbocycles. The summed E-state index contributed by atoms with van der Waals surface area (Å²) in [6, 6.07) is 3.61. The summed E-state index contributed by atoms with van der Waals surface area (Å²) < 4.78 is 12.5. The highest BCUT2D eigenvalue weighted by molar-refractivity contribution is 6.01. The molecule has 3 nitrogen and oxygen atoms in total. The maximum absolute atomic E-state index is 12.5. The van der Waals surface area contributed by atoms with Crippen LogP contribution in [0.4, 0.5) is 10.1 Å². The highest BCUT2D eigenvalue weighted by Crippen LogP contribution is 2.13. The lowest BCUT2D eigenvalue weighted by Crippen LogP contribution is -2.15. The lowest BCUT2D eigenvalue weighted by molar-refractivity contribution is 0.100. The summed E-state index contributed by atoms with van der Waals surface area (Å²) in [5, 5.41) is 0. The molecule has 0 fully saturated rings. The first-order chi connectivity index (χ1) is 5.65. The van der Waals surface area contributed by atoms with Crippen molar-refractivity contribution in [2.45, 2.75) is 0 Å². The van der Waals surface area contributed by atoms with Crippen LogP contribution in [0.15, 0.2) is 18.2 Å². The molecule has 0 amide bonds. The molecule has 1 rings (SSSR count). The van der Waals surface area contributed by atoms with E-state index < -0.39 is 5.82 Å². The molecular weight excluding hydrogens is 159 g/mol. The van der Waals surface area contributed by atoms with Crippen molar-refractivity contribution >= 4 is 11.5 Å². The van der Waals surface area contributed by atoms with Gasteiger partial charge in [0.25, 0.3) is 0 Å². The van der Waals surface area contributed by atoms with Crippen molar-refractivity contribution in [1.82, 2.24) is 0 Å². The molecule has 0 aliphatic rings. The fraction of sp³-hybridized carbons (Fsp3) is 0.125. The van der Waals surface area contributed by atoms with E-state index in [9.17, 15) is 9.18 Å². The van der Waals surface area contributed by atoms with Crippen molar-refractivity contribution in [1.29, 1.82) is 0 Å². The number of carbonyl (C=O) groups excluding carboxylic acids is 1. The third kappa shape index (κ3) is 1.60. The molecule has 4 N–H and O–H groups in total. The van der Waals surface area contributed by atoms with Gasteiger partial charge in [0.05, 0.1) is 6.54 Å². The van der Waals surface area contributed by atoms with Crippen molar-refractivity contribution in [3.63, 3.8) is 0 Å². The van der Waals surface area contributed by atoms with Crippen LogP contribution in [-0.4, -0.2) is 12.3 Å². The zero-order valence-corrected chi connectivity index (χ0v) is 6.38. The van der Waals surface area contributed by atoms with Gasteiger partial charge in [-0.25, -0.2) is 4.39 Å². The summed E-state index contributed by atoms with van der Waals surface area (Å²) in [7, 11) is 0. The molecule has 4 heteroatoms. The van der Waals surface area contributed by atoms with Gasteiger partial charge in [0.15, 0.2) is 5.78 Å². The Kier molecular flexibility index (Phi) is 2.40. The molecule has 0 atom stereocenters. The summed E-state index contributed by atoms with van der Waals surface area (Å²) in [4.78, 5) is 11.0. The van der Waals surface area contributed by atoms with Crippen molar-refractivity contribution in [2.75, 3.05) is 12.3 Å². The highest BCUT2D eigenvalue weighted by atomic mass is 19.1. The molecule has 1 aromatic carbocycles. The Morgan fingerprint density at radius 2 is 2.17 bits per heavy atom. The van der Waals surface area contributed by atoms with Crippen molar-refractivity contribution in [3.05, 3.63) is 29.6 Å². The zero-order chi connectivity index (χ0) is 9.14. The molecule has 0 spiro atoms. The fourth-order valence-electron chi connectivity index (χ4n) is 0.897. The number of hydrogen-bond acceptors (Lipinski definition) is 3. The highest BCUT2D eigenvalue weighted by Gasteiger charge is 2.07. The van der Waals surface area contributed by atoms with E-state index in [-0.39, 0.29) is 23.6 Å². The van der Waals surface area contributed by atoms with Gasteiger partial charge in [0.2, 0.25) is 0 Å². The summed E-state index contributed by atoms with van der Waals surface area (Å²) in [6.07, 6.45) is 0. The number of benzene rings is 1. The summed E-state index contributed by atoms with van der Waals surface area (Å²) in [5.41, 5.74) is 10.9. The van der Waals surface area contributed by atoms with Crippen molar-refractivity contribution in [2.24, 2.45) is 5.73 Å². The summed E-state index contributed by atoms with van der Waals surface area (Å²) >= 11 is 0. The van der Waals surface area contributed by atoms with Gasteiger partial charge in [-0.05, 0) is 18.2 Å². The number of halogens is 1. The van der Waals surface area contributed by atoms with Gasteiger partial charge < -0.3 is 11.5 Å². The average molecular weight is 168 g/mol. The number of rotatable bonds is 2. The Morgan fingerprint density at radius 3 is 2.67 bits per heavy atom. The minimum atomic E-state index is -0.457. The SMILES string of the molecule is NCC(=O)c1ccc(F)cc1N. The second-order valence-electron chi connectivity index (χ2n) is 2.36. The van der Waals surface area contributed by atoms with Gasteiger partial charge >= 0.3 is 0 Å². The Hall–Kier alpha value is -1.42. The second-order valence-corrected chi connectivity index (χ2v) is 2.36. The first-order valence-corrected chi connectivity index (χ1v) is 3.43. The lowest BCUT2D eigenvalue weighted by Gasteiger charge is -2.01. The zero-order valence-electron chi connectivity index (χ0n) is 6.38. The molecule has 12 heavy (non-hydrogen) atoms. The largest absolute Gasteiger partial charge is 0.398 e. The number of nitrogen functional groups attached to an aromatic ring is 1. The Balaban J connectivity index is 3.09. The number of anilines is 1. The summed E-state index contributed by atoms with van der Waals surface area (Å²) in [6.45, 7) is -0.115. The predicted molar refractivity (Wildman–Crippen MR) is 44.2 cm³/mol. The van der Waals surface area contributed by atoms with E-state index in [4.69, 9.17) is 11.5 Å². The van der Waals surface area contributed by atoms with Crippen LogP contribution < -0.4 is 11.5 Å². The molecule has 1 aromatic rings.